The van der Waals surface area contributed by atoms with Crippen molar-refractivity contribution in [2.75, 3.05) is 19.6 Å². The number of piperidine rings is 1. The molecule has 1 atom stereocenters. The van der Waals surface area contributed by atoms with Gasteiger partial charge in [-0.3, -0.25) is 9.59 Å². The van der Waals surface area contributed by atoms with Crippen LogP contribution in [0.3, 0.4) is 0 Å². The lowest BCUT2D eigenvalue weighted by Crippen LogP contribution is -2.50. The Morgan fingerprint density at radius 3 is 2.57 bits per heavy atom. The molecule has 0 bridgehead atoms. The summed E-state index contributed by atoms with van der Waals surface area (Å²) in [6, 6.07) is -0.482. The van der Waals surface area contributed by atoms with Crippen LogP contribution in [0.25, 0.3) is 0 Å². The molecule has 7 nitrogen and oxygen atoms in total. The highest BCUT2D eigenvalue weighted by Gasteiger charge is 2.31. The average molecular weight is 299 g/mol. The largest absolute Gasteiger partial charge is 0.481 e. The molecule has 3 N–H and O–H groups in total. The molecule has 0 saturated carbocycles. The summed E-state index contributed by atoms with van der Waals surface area (Å²) in [6.45, 7) is 5.20. The molecule has 120 valence electrons. The number of carboxylic acid groups (broad SMARTS) is 1. The van der Waals surface area contributed by atoms with Gasteiger partial charge >= 0.3 is 12.0 Å². The number of aliphatic carboxylic acids is 1. The number of primary amides is 1. The SMILES string of the molecule is CC(C)N(CCCC(=O)O)C(=O)C1CCCN(C(N)=O)C1. The van der Waals surface area contributed by atoms with E-state index in [4.69, 9.17) is 10.8 Å². The van der Waals surface area contributed by atoms with E-state index in [2.05, 4.69) is 0 Å². The Morgan fingerprint density at radius 1 is 1.38 bits per heavy atom. The van der Waals surface area contributed by atoms with E-state index in [-0.39, 0.29) is 24.3 Å². The van der Waals surface area contributed by atoms with Gasteiger partial charge in [0.1, 0.15) is 0 Å². The van der Waals surface area contributed by atoms with Gasteiger partial charge in [0.05, 0.1) is 5.92 Å². The van der Waals surface area contributed by atoms with Crippen LogP contribution in [0.2, 0.25) is 0 Å². The van der Waals surface area contributed by atoms with Gasteiger partial charge in [0.25, 0.3) is 0 Å². The highest BCUT2D eigenvalue weighted by Crippen LogP contribution is 2.20. The zero-order valence-corrected chi connectivity index (χ0v) is 12.7. The van der Waals surface area contributed by atoms with Gasteiger partial charge in [-0.25, -0.2) is 4.79 Å². The van der Waals surface area contributed by atoms with Crippen molar-refractivity contribution < 1.29 is 19.5 Å². The zero-order chi connectivity index (χ0) is 16.0. The van der Waals surface area contributed by atoms with Gasteiger partial charge in [-0.15, -0.1) is 0 Å². The lowest BCUT2D eigenvalue weighted by molar-refractivity contribution is -0.141. The van der Waals surface area contributed by atoms with Crippen LogP contribution >= 0.6 is 0 Å². The molecule has 1 aliphatic rings. The third-order valence-corrected chi connectivity index (χ3v) is 3.78. The summed E-state index contributed by atoms with van der Waals surface area (Å²) >= 11 is 0. The predicted molar refractivity (Wildman–Crippen MR) is 77.6 cm³/mol. The molecule has 0 radical (unpaired) electrons. The van der Waals surface area contributed by atoms with Gasteiger partial charge in [0.15, 0.2) is 0 Å². The molecule has 1 heterocycles. The number of carboxylic acids is 1. The third kappa shape index (κ3) is 5.24. The smallest absolute Gasteiger partial charge is 0.314 e. The van der Waals surface area contributed by atoms with Crippen LogP contribution in [0.1, 0.15) is 39.5 Å². The molecule has 0 aromatic rings. The molecule has 0 aromatic heterocycles. The number of urea groups is 1. The molecule has 1 unspecified atom stereocenters. The predicted octanol–water partition coefficient (Wildman–Crippen LogP) is 0.879. The van der Waals surface area contributed by atoms with Gasteiger partial charge in [-0.2, -0.15) is 0 Å². The van der Waals surface area contributed by atoms with E-state index in [9.17, 15) is 14.4 Å². The fourth-order valence-electron chi connectivity index (χ4n) is 2.64. The number of rotatable bonds is 6. The van der Waals surface area contributed by atoms with Crippen LogP contribution in [-0.2, 0) is 9.59 Å². The Bertz CT molecular complexity index is 398. The van der Waals surface area contributed by atoms with Crippen LogP contribution in [0.4, 0.5) is 4.79 Å². The average Bonchev–Trinajstić information content (AvgIpc) is 2.42. The summed E-state index contributed by atoms with van der Waals surface area (Å²) in [7, 11) is 0. The fourth-order valence-corrected chi connectivity index (χ4v) is 2.64. The molecule has 1 fully saturated rings. The second kappa shape index (κ2) is 7.85. The van der Waals surface area contributed by atoms with E-state index in [1.807, 2.05) is 13.8 Å². The number of carbonyl (C=O) groups excluding carboxylic acids is 2. The topological polar surface area (TPSA) is 104 Å². The molecule has 21 heavy (non-hydrogen) atoms. The molecule has 3 amide bonds. The van der Waals surface area contributed by atoms with Gasteiger partial charge in [0.2, 0.25) is 5.91 Å². The summed E-state index contributed by atoms with van der Waals surface area (Å²) in [5.41, 5.74) is 5.28. The van der Waals surface area contributed by atoms with E-state index >= 15 is 0 Å². The highest BCUT2D eigenvalue weighted by atomic mass is 16.4. The second-order valence-electron chi connectivity index (χ2n) is 5.75. The Kier molecular flexibility index (Phi) is 6.45. The Labute approximate surface area is 125 Å². The molecule has 1 saturated heterocycles. The minimum absolute atomic E-state index is 0.00949. The summed E-state index contributed by atoms with van der Waals surface area (Å²) < 4.78 is 0. The van der Waals surface area contributed by atoms with Crippen molar-refractivity contribution in [1.82, 2.24) is 9.80 Å². The summed E-state index contributed by atoms with van der Waals surface area (Å²) in [4.78, 5) is 37.6. The number of likely N-dealkylation sites (tertiary alicyclic amines) is 1. The maximum atomic E-state index is 12.6. The van der Waals surface area contributed by atoms with Gasteiger partial charge in [-0.05, 0) is 33.1 Å². The maximum Gasteiger partial charge on any atom is 0.314 e. The highest BCUT2D eigenvalue weighted by molar-refractivity contribution is 5.81. The van der Waals surface area contributed by atoms with Crippen LogP contribution in [0.15, 0.2) is 0 Å². The normalized spacial score (nSPS) is 18.6. The Balaban J connectivity index is 2.62. The summed E-state index contributed by atoms with van der Waals surface area (Å²) in [5, 5.41) is 8.69. The first-order valence-corrected chi connectivity index (χ1v) is 7.39. The molecule has 0 aromatic carbocycles. The van der Waals surface area contributed by atoms with Crippen LogP contribution in [-0.4, -0.2) is 58.5 Å². The van der Waals surface area contributed by atoms with E-state index in [0.29, 0.717) is 26.1 Å². The summed E-state index contributed by atoms with van der Waals surface area (Å²) in [6.07, 6.45) is 1.99. The van der Waals surface area contributed by atoms with Crippen molar-refractivity contribution in [3.8, 4) is 0 Å². The lowest BCUT2D eigenvalue weighted by Gasteiger charge is -2.35. The van der Waals surface area contributed by atoms with E-state index in [1.165, 1.54) is 4.90 Å². The third-order valence-electron chi connectivity index (χ3n) is 3.78. The van der Waals surface area contributed by atoms with Gasteiger partial charge in [-0.1, -0.05) is 0 Å². The fraction of sp³-hybridized carbons (Fsp3) is 0.786. The number of nitrogens with two attached hydrogens (primary N) is 1. The first-order chi connectivity index (χ1) is 9.82. The molecule has 7 heteroatoms. The number of amides is 3. The summed E-state index contributed by atoms with van der Waals surface area (Å²) in [5.74, 6) is -1.11. The van der Waals surface area contributed by atoms with Crippen LogP contribution in [0, 0.1) is 5.92 Å². The van der Waals surface area contributed by atoms with E-state index < -0.39 is 12.0 Å². The van der Waals surface area contributed by atoms with Gasteiger partial charge in [0, 0.05) is 32.1 Å². The molecule has 0 spiro atoms. The standard InChI is InChI=1S/C14H25N3O4/c1-10(2)17(8-4-6-12(18)19)13(20)11-5-3-7-16(9-11)14(15)21/h10-11H,3-9H2,1-2H3,(H2,15,21)(H,18,19). The number of carbonyl (C=O) groups is 3. The Morgan fingerprint density at radius 2 is 2.05 bits per heavy atom. The quantitative estimate of drug-likeness (QED) is 0.759. The number of nitrogens with zero attached hydrogens (tertiary/aromatic N) is 2. The van der Waals surface area contributed by atoms with Crippen molar-refractivity contribution in [3.63, 3.8) is 0 Å². The van der Waals surface area contributed by atoms with Gasteiger partial charge < -0.3 is 20.6 Å². The monoisotopic (exact) mass is 299 g/mol. The van der Waals surface area contributed by atoms with Crippen LogP contribution < -0.4 is 5.73 Å². The zero-order valence-electron chi connectivity index (χ0n) is 12.7. The first kappa shape index (κ1) is 17.3. The van der Waals surface area contributed by atoms with Crippen LogP contribution in [0.5, 0.6) is 0 Å². The van der Waals surface area contributed by atoms with Crippen molar-refractivity contribution >= 4 is 17.9 Å². The van der Waals surface area contributed by atoms with Crippen molar-refractivity contribution in [2.45, 2.75) is 45.6 Å². The lowest BCUT2D eigenvalue weighted by atomic mass is 9.96. The molecule has 1 rings (SSSR count). The second-order valence-corrected chi connectivity index (χ2v) is 5.75. The minimum atomic E-state index is -0.858. The van der Waals surface area contributed by atoms with Crippen molar-refractivity contribution in [2.24, 2.45) is 11.7 Å². The Hall–Kier alpha value is -1.79. The van der Waals surface area contributed by atoms with E-state index in [0.717, 1.165) is 12.8 Å². The first-order valence-electron chi connectivity index (χ1n) is 7.39. The van der Waals surface area contributed by atoms with Crippen molar-refractivity contribution in [1.29, 1.82) is 0 Å². The molecule has 1 aliphatic heterocycles. The van der Waals surface area contributed by atoms with E-state index in [1.54, 1.807) is 4.90 Å². The number of hydrogen-bond donors (Lipinski definition) is 2. The molecular formula is C14H25N3O4. The molecular weight excluding hydrogens is 274 g/mol. The number of hydrogen-bond acceptors (Lipinski definition) is 3. The molecule has 0 aliphatic carbocycles. The van der Waals surface area contributed by atoms with Crippen molar-refractivity contribution in [3.05, 3.63) is 0 Å². The minimum Gasteiger partial charge on any atom is -0.481 e. The maximum absolute atomic E-state index is 12.6.